The molecule has 7 heteroatoms. The van der Waals surface area contributed by atoms with Crippen LogP contribution in [0.4, 0.5) is 0 Å². The van der Waals surface area contributed by atoms with E-state index in [4.69, 9.17) is 9.40 Å². The lowest BCUT2D eigenvalue weighted by Crippen LogP contribution is -2.01. The van der Waals surface area contributed by atoms with E-state index in [9.17, 15) is 0 Å². The standard InChI is InChI=1S/C17H19N5OS/c1-11(2)16-20-19-14(23-16)10-24-17-18-15(12-8-9-12)22(21-17)13-6-4-3-5-7-13/h3-7,11-12H,8-10H2,1-2H3. The van der Waals surface area contributed by atoms with Crippen LogP contribution in [0.25, 0.3) is 5.69 Å². The first-order valence-electron chi connectivity index (χ1n) is 8.18. The van der Waals surface area contributed by atoms with Crippen molar-refractivity contribution >= 4 is 11.8 Å². The molecule has 4 rings (SSSR count). The van der Waals surface area contributed by atoms with Crippen LogP contribution >= 0.6 is 11.8 Å². The molecule has 2 aromatic heterocycles. The highest BCUT2D eigenvalue weighted by Gasteiger charge is 2.30. The van der Waals surface area contributed by atoms with Crippen molar-refractivity contribution in [2.45, 2.75) is 49.4 Å². The van der Waals surface area contributed by atoms with Gasteiger partial charge in [0.2, 0.25) is 16.9 Å². The Bertz CT molecular complexity index is 823. The molecule has 0 bridgehead atoms. The monoisotopic (exact) mass is 341 g/mol. The summed E-state index contributed by atoms with van der Waals surface area (Å²) in [5.74, 6) is 3.70. The molecule has 6 nitrogen and oxygen atoms in total. The topological polar surface area (TPSA) is 69.6 Å². The minimum Gasteiger partial charge on any atom is -0.424 e. The molecule has 0 saturated heterocycles. The zero-order valence-corrected chi connectivity index (χ0v) is 14.5. The quantitative estimate of drug-likeness (QED) is 0.632. The highest BCUT2D eigenvalue weighted by Crippen LogP contribution is 2.40. The van der Waals surface area contributed by atoms with Crippen molar-refractivity contribution in [3.63, 3.8) is 0 Å². The molecule has 1 aliphatic rings. The minimum absolute atomic E-state index is 0.244. The first kappa shape index (κ1) is 15.4. The number of nitrogens with zero attached hydrogens (tertiary/aromatic N) is 5. The number of hydrogen-bond donors (Lipinski definition) is 0. The van der Waals surface area contributed by atoms with Crippen LogP contribution in [0.2, 0.25) is 0 Å². The molecule has 124 valence electrons. The van der Waals surface area contributed by atoms with Gasteiger partial charge in [-0.2, -0.15) is 0 Å². The second-order valence-corrected chi connectivity index (χ2v) is 7.19. The third-order valence-electron chi connectivity index (χ3n) is 3.86. The summed E-state index contributed by atoms with van der Waals surface area (Å²) < 4.78 is 7.61. The van der Waals surface area contributed by atoms with Crippen LogP contribution < -0.4 is 0 Å². The number of thioether (sulfide) groups is 1. The summed E-state index contributed by atoms with van der Waals surface area (Å²) in [6.07, 6.45) is 2.38. The van der Waals surface area contributed by atoms with Crippen LogP contribution in [0, 0.1) is 0 Å². The fourth-order valence-corrected chi connectivity index (χ4v) is 3.08. The largest absolute Gasteiger partial charge is 0.424 e. The number of rotatable bonds is 6. The molecule has 2 heterocycles. The van der Waals surface area contributed by atoms with E-state index in [-0.39, 0.29) is 5.92 Å². The Labute approximate surface area is 144 Å². The zero-order chi connectivity index (χ0) is 16.5. The van der Waals surface area contributed by atoms with Crippen molar-refractivity contribution in [1.29, 1.82) is 0 Å². The SMILES string of the molecule is CC(C)c1nnc(CSc2nc(C3CC3)n(-c3ccccc3)n2)o1. The molecule has 0 spiro atoms. The molecule has 24 heavy (non-hydrogen) atoms. The Morgan fingerprint density at radius 1 is 1.21 bits per heavy atom. The number of aromatic nitrogens is 5. The molecule has 0 unspecified atom stereocenters. The van der Waals surface area contributed by atoms with E-state index < -0.39 is 0 Å². The van der Waals surface area contributed by atoms with E-state index in [1.165, 1.54) is 24.6 Å². The van der Waals surface area contributed by atoms with Crippen molar-refractivity contribution in [3.8, 4) is 5.69 Å². The molecule has 0 atom stereocenters. The van der Waals surface area contributed by atoms with E-state index in [0.29, 0.717) is 23.5 Å². The van der Waals surface area contributed by atoms with Crippen LogP contribution in [0.5, 0.6) is 0 Å². The molecule has 1 fully saturated rings. The summed E-state index contributed by atoms with van der Waals surface area (Å²) in [7, 11) is 0. The lowest BCUT2D eigenvalue weighted by atomic mass is 10.2. The number of hydrogen-bond acceptors (Lipinski definition) is 6. The van der Waals surface area contributed by atoms with Crippen molar-refractivity contribution in [2.75, 3.05) is 0 Å². The second-order valence-electron chi connectivity index (χ2n) is 6.25. The Morgan fingerprint density at radius 3 is 2.67 bits per heavy atom. The Hall–Kier alpha value is -2.15. The predicted octanol–water partition coefficient (Wildman–Crippen LogP) is 3.94. The highest BCUT2D eigenvalue weighted by atomic mass is 32.2. The van der Waals surface area contributed by atoms with Crippen molar-refractivity contribution < 1.29 is 4.42 Å². The molecule has 3 aromatic rings. The minimum atomic E-state index is 0.244. The van der Waals surface area contributed by atoms with E-state index >= 15 is 0 Å². The third-order valence-corrected chi connectivity index (χ3v) is 4.68. The predicted molar refractivity (Wildman–Crippen MR) is 91.3 cm³/mol. The molecule has 1 aliphatic carbocycles. The first-order valence-corrected chi connectivity index (χ1v) is 9.16. The Morgan fingerprint density at radius 2 is 2.00 bits per heavy atom. The van der Waals surface area contributed by atoms with Crippen molar-refractivity contribution in [2.24, 2.45) is 0 Å². The van der Waals surface area contributed by atoms with E-state index in [0.717, 1.165) is 16.7 Å². The average molecular weight is 341 g/mol. The van der Waals surface area contributed by atoms with Gasteiger partial charge in [0.05, 0.1) is 11.4 Å². The van der Waals surface area contributed by atoms with Gasteiger partial charge in [0.1, 0.15) is 5.82 Å². The lowest BCUT2D eigenvalue weighted by Gasteiger charge is -2.03. The lowest BCUT2D eigenvalue weighted by molar-refractivity contribution is 0.445. The molecule has 0 aliphatic heterocycles. The fourth-order valence-electron chi connectivity index (χ4n) is 2.42. The summed E-state index contributed by atoms with van der Waals surface area (Å²) in [6.45, 7) is 4.07. The molecule has 0 amide bonds. The first-order chi connectivity index (χ1) is 11.7. The molecule has 1 saturated carbocycles. The van der Waals surface area contributed by atoms with Gasteiger partial charge in [-0.25, -0.2) is 9.67 Å². The maximum absolute atomic E-state index is 5.64. The van der Waals surface area contributed by atoms with Crippen LogP contribution in [-0.4, -0.2) is 25.0 Å². The Balaban J connectivity index is 1.53. The fraction of sp³-hybridized carbons (Fsp3) is 0.412. The highest BCUT2D eigenvalue weighted by molar-refractivity contribution is 7.98. The van der Waals surface area contributed by atoms with Crippen LogP contribution in [0.1, 0.15) is 56.1 Å². The molecule has 0 radical (unpaired) electrons. The molecule has 0 N–H and O–H groups in total. The van der Waals surface area contributed by atoms with Gasteiger partial charge < -0.3 is 4.42 Å². The third kappa shape index (κ3) is 3.21. The Kier molecular flexibility index (Phi) is 4.10. The van der Waals surface area contributed by atoms with Gasteiger partial charge in [-0.15, -0.1) is 15.3 Å². The van der Waals surface area contributed by atoms with Gasteiger partial charge >= 0.3 is 0 Å². The van der Waals surface area contributed by atoms with Crippen molar-refractivity contribution in [3.05, 3.63) is 47.9 Å². The average Bonchev–Trinajstić information content (AvgIpc) is 3.17. The second kappa shape index (κ2) is 6.39. The normalized spacial score (nSPS) is 14.5. The van der Waals surface area contributed by atoms with E-state index in [1.54, 1.807) is 0 Å². The van der Waals surface area contributed by atoms with Gasteiger partial charge in [-0.1, -0.05) is 43.8 Å². The van der Waals surface area contributed by atoms with Crippen molar-refractivity contribution in [1.82, 2.24) is 25.0 Å². The van der Waals surface area contributed by atoms with E-state index in [2.05, 4.69) is 27.4 Å². The van der Waals surface area contributed by atoms with Gasteiger partial charge in [0.15, 0.2) is 0 Å². The maximum Gasteiger partial charge on any atom is 0.226 e. The number of para-hydroxylation sites is 1. The van der Waals surface area contributed by atoms with Gasteiger partial charge in [-0.3, -0.25) is 0 Å². The van der Waals surface area contributed by atoms with Gasteiger partial charge in [0, 0.05) is 11.8 Å². The van der Waals surface area contributed by atoms with Crippen LogP contribution in [0.15, 0.2) is 39.9 Å². The summed E-state index contributed by atoms with van der Waals surface area (Å²) in [5.41, 5.74) is 1.05. The van der Waals surface area contributed by atoms with Crippen LogP contribution in [0.3, 0.4) is 0 Å². The maximum atomic E-state index is 5.64. The molecular formula is C17H19N5OS. The number of benzene rings is 1. The van der Waals surface area contributed by atoms with Gasteiger partial charge in [-0.05, 0) is 25.0 Å². The molecular weight excluding hydrogens is 322 g/mol. The summed E-state index contributed by atoms with van der Waals surface area (Å²) >= 11 is 1.53. The summed E-state index contributed by atoms with van der Waals surface area (Å²) in [5, 5.41) is 13.6. The van der Waals surface area contributed by atoms with Crippen LogP contribution in [-0.2, 0) is 5.75 Å². The summed E-state index contributed by atoms with van der Waals surface area (Å²) in [4.78, 5) is 4.73. The smallest absolute Gasteiger partial charge is 0.226 e. The summed E-state index contributed by atoms with van der Waals surface area (Å²) in [6, 6.07) is 10.2. The zero-order valence-electron chi connectivity index (χ0n) is 13.7. The molecule has 1 aromatic carbocycles. The van der Waals surface area contributed by atoms with Gasteiger partial charge in [0.25, 0.3) is 0 Å². The van der Waals surface area contributed by atoms with E-state index in [1.807, 2.05) is 36.7 Å².